The molecule has 0 unspecified atom stereocenters. The van der Waals surface area contributed by atoms with Gasteiger partial charge in [0.25, 0.3) is 0 Å². The van der Waals surface area contributed by atoms with E-state index in [2.05, 4.69) is 27.2 Å². The fraction of sp³-hybridized carbons (Fsp3) is 0.579. The molecule has 6 heteroatoms. The van der Waals surface area contributed by atoms with Crippen LogP contribution in [-0.4, -0.2) is 46.9 Å². The highest BCUT2D eigenvalue weighted by Gasteiger charge is 2.41. The molecule has 1 aromatic heterocycles. The summed E-state index contributed by atoms with van der Waals surface area (Å²) in [4.78, 5) is 2.50. The van der Waals surface area contributed by atoms with E-state index >= 15 is 0 Å². The lowest BCUT2D eigenvalue weighted by Gasteiger charge is -2.34. The summed E-state index contributed by atoms with van der Waals surface area (Å²) in [5.74, 6) is 1.23. The largest absolute Gasteiger partial charge is 0.423 e. The summed E-state index contributed by atoms with van der Waals surface area (Å²) in [7, 11) is 0. The zero-order valence-corrected chi connectivity index (χ0v) is 14.6. The normalized spacial score (nSPS) is 26.7. The molecule has 0 spiro atoms. The van der Waals surface area contributed by atoms with Crippen molar-refractivity contribution in [3.63, 3.8) is 0 Å². The first-order valence-corrected chi connectivity index (χ1v) is 9.11. The van der Waals surface area contributed by atoms with Crippen molar-refractivity contribution in [3.8, 4) is 0 Å². The van der Waals surface area contributed by atoms with Crippen molar-refractivity contribution in [2.45, 2.75) is 51.0 Å². The molecule has 0 amide bonds. The lowest BCUT2D eigenvalue weighted by Crippen LogP contribution is -2.41. The number of nitrogens with zero attached hydrogens (tertiary/aromatic N) is 3. The van der Waals surface area contributed by atoms with Gasteiger partial charge in [-0.25, -0.2) is 0 Å². The van der Waals surface area contributed by atoms with E-state index in [0.717, 1.165) is 39.0 Å². The Hall–Kier alpha value is -1.76. The topological polar surface area (TPSA) is 60.6 Å². The first-order valence-electron chi connectivity index (χ1n) is 9.11. The van der Waals surface area contributed by atoms with Gasteiger partial charge in [-0.3, -0.25) is 4.90 Å². The van der Waals surface area contributed by atoms with Crippen LogP contribution >= 0.6 is 0 Å². The van der Waals surface area contributed by atoms with Crippen molar-refractivity contribution in [1.29, 1.82) is 0 Å². The predicted octanol–water partition coefficient (Wildman–Crippen LogP) is 2.89. The molecule has 2 aliphatic heterocycles. The number of ether oxygens (including phenoxy) is 2. The summed E-state index contributed by atoms with van der Waals surface area (Å²) in [6.07, 6.45) is 3.32. The fourth-order valence-electron chi connectivity index (χ4n) is 3.86. The first-order chi connectivity index (χ1) is 12.3. The van der Waals surface area contributed by atoms with Crippen molar-refractivity contribution in [2.75, 3.05) is 19.7 Å². The average Bonchev–Trinajstić information content (AvgIpc) is 3.25. The Morgan fingerprint density at radius 1 is 1.16 bits per heavy atom. The molecule has 2 aliphatic rings. The number of aryl methyl sites for hydroxylation is 1. The molecule has 6 nitrogen and oxygen atoms in total. The van der Waals surface area contributed by atoms with E-state index in [0.29, 0.717) is 24.4 Å². The molecule has 134 valence electrons. The number of hydrogen-bond donors (Lipinski definition) is 0. The number of aromatic nitrogens is 2. The van der Waals surface area contributed by atoms with Gasteiger partial charge in [-0.05, 0) is 24.8 Å². The van der Waals surface area contributed by atoms with Crippen LogP contribution in [0.15, 0.2) is 34.7 Å². The third kappa shape index (κ3) is 3.92. The molecule has 4 rings (SSSR count). The standard InChI is InChI=1S/C19H25N3O3/c1-14-20-21-19(24-14)18-8-7-16-17(25-18)9-10-22(16)11-12-23-13-15-5-3-2-4-6-15/h2-6,16-18H,7-13H2,1H3/t16-,17-,18+/m1/s1. The van der Waals surface area contributed by atoms with Gasteiger partial charge in [-0.1, -0.05) is 30.3 Å². The second kappa shape index (κ2) is 7.64. The van der Waals surface area contributed by atoms with Crippen LogP contribution < -0.4 is 0 Å². The van der Waals surface area contributed by atoms with Gasteiger partial charge in [-0.2, -0.15) is 0 Å². The van der Waals surface area contributed by atoms with Crippen LogP contribution in [0.2, 0.25) is 0 Å². The van der Waals surface area contributed by atoms with Gasteiger partial charge < -0.3 is 13.9 Å². The van der Waals surface area contributed by atoms with E-state index in [9.17, 15) is 0 Å². The van der Waals surface area contributed by atoms with Crippen LogP contribution in [0.5, 0.6) is 0 Å². The van der Waals surface area contributed by atoms with Crippen LogP contribution in [0, 0.1) is 6.92 Å². The van der Waals surface area contributed by atoms with Crippen LogP contribution in [0.25, 0.3) is 0 Å². The van der Waals surface area contributed by atoms with Gasteiger partial charge >= 0.3 is 0 Å². The summed E-state index contributed by atoms with van der Waals surface area (Å²) in [5, 5.41) is 8.03. The minimum absolute atomic E-state index is 0.0447. The first kappa shape index (κ1) is 16.7. The van der Waals surface area contributed by atoms with E-state index in [-0.39, 0.29) is 12.2 Å². The molecule has 0 aliphatic carbocycles. The molecule has 2 fully saturated rings. The smallest absolute Gasteiger partial charge is 0.245 e. The van der Waals surface area contributed by atoms with Gasteiger partial charge in [0, 0.05) is 26.1 Å². The second-order valence-electron chi connectivity index (χ2n) is 6.83. The van der Waals surface area contributed by atoms with Crippen LogP contribution in [-0.2, 0) is 16.1 Å². The molecule has 3 atom stereocenters. The zero-order valence-electron chi connectivity index (χ0n) is 14.6. The Bertz CT molecular complexity index is 676. The Labute approximate surface area is 148 Å². The maximum absolute atomic E-state index is 6.24. The molecule has 25 heavy (non-hydrogen) atoms. The second-order valence-corrected chi connectivity index (χ2v) is 6.83. The highest BCUT2D eigenvalue weighted by molar-refractivity contribution is 5.13. The monoisotopic (exact) mass is 343 g/mol. The van der Waals surface area contributed by atoms with Crippen molar-refractivity contribution >= 4 is 0 Å². The number of hydrogen-bond acceptors (Lipinski definition) is 6. The van der Waals surface area contributed by atoms with Crippen LogP contribution in [0.3, 0.4) is 0 Å². The van der Waals surface area contributed by atoms with E-state index in [4.69, 9.17) is 13.9 Å². The molecule has 0 radical (unpaired) electrons. The molecule has 1 aromatic carbocycles. The van der Waals surface area contributed by atoms with Gasteiger partial charge in [0.2, 0.25) is 11.8 Å². The Morgan fingerprint density at radius 2 is 2.04 bits per heavy atom. The number of benzene rings is 1. The molecular weight excluding hydrogens is 318 g/mol. The van der Waals surface area contributed by atoms with Gasteiger partial charge in [0.15, 0.2) is 0 Å². The molecule has 0 bridgehead atoms. The molecule has 3 heterocycles. The predicted molar refractivity (Wildman–Crippen MR) is 92.0 cm³/mol. The molecular formula is C19H25N3O3. The summed E-state index contributed by atoms with van der Waals surface area (Å²) < 4.78 is 17.6. The quantitative estimate of drug-likeness (QED) is 0.752. The third-order valence-electron chi connectivity index (χ3n) is 5.11. The highest BCUT2D eigenvalue weighted by Crippen LogP contribution is 2.37. The third-order valence-corrected chi connectivity index (χ3v) is 5.11. The van der Waals surface area contributed by atoms with Crippen molar-refractivity contribution in [2.24, 2.45) is 0 Å². The molecule has 2 aromatic rings. The molecule has 0 N–H and O–H groups in total. The number of fused-ring (bicyclic) bond motifs is 1. The lowest BCUT2D eigenvalue weighted by molar-refractivity contribution is -0.0827. The van der Waals surface area contributed by atoms with E-state index < -0.39 is 0 Å². The van der Waals surface area contributed by atoms with E-state index in [1.165, 1.54) is 5.56 Å². The minimum atomic E-state index is -0.0447. The number of rotatable bonds is 6. The SMILES string of the molecule is Cc1nnc([C@@H]2CC[C@@H]3[C@@H](CCN3CCOCc3ccccc3)O2)o1. The van der Waals surface area contributed by atoms with Gasteiger partial charge in [-0.15, -0.1) is 10.2 Å². The minimum Gasteiger partial charge on any atom is -0.423 e. The summed E-state index contributed by atoms with van der Waals surface area (Å²) >= 11 is 0. The van der Waals surface area contributed by atoms with Crippen molar-refractivity contribution in [3.05, 3.63) is 47.7 Å². The summed E-state index contributed by atoms with van der Waals surface area (Å²) in [6.45, 7) is 5.28. The average molecular weight is 343 g/mol. The highest BCUT2D eigenvalue weighted by atomic mass is 16.5. The van der Waals surface area contributed by atoms with E-state index in [1.54, 1.807) is 0 Å². The maximum atomic E-state index is 6.24. The Balaban J connectivity index is 1.23. The molecule has 2 saturated heterocycles. The summed E-state index contributed by atoms with van der Waals surface area (Å²) in [5.41, 5.74) is 1.22. The lowest BCUT2D eigenvalue weighted by atomic mass is 9.99. The Kier molecular flexibility index (Phi) is 5.10. The van der Waals surface area contributed by atoms with Crippen molar-refractivity contribution < 1.29 is 13.9 Å². The maximum Gasteiger partial charge on any atom is 0.245 e. The number of likely N-dealkylation sites (tertiary alicyclic amines) is 1. The van der Waals surface area contributed by atoms with Crippen LogP contribution in [0.4, 0.5) is 0 Å². The Morgan fingerprint density at radius 3 is 2.84 bits per heavy atom. The van der Waals surface area contributed by atoms with Gasteiger partial charge in [0.05, 0.1) is 19.3 Å². The zero-order chi connectivity index (χ0) is 17.1. The van der Waals surface area contributed by atoms with Crippen LogP contribution in [0.1, 0.15) is 42.7 Å². The van der Waals surface area contributed by atoms with E-state index in [1.807, 2.05) is 25.1 Å². The van der Waals surface area contributed by atoms with Gasteiger partial charge in [0.1, 0.15) is 6.10 Å². The molecule has 0 saturated carbocycles. The van der Waals surface area contributed by atoms with Crippen molar-refractivity contribution in [1.82, 2.24) is 15.1 Å². The fourth-order valence-corrected chi connectivity index (χ4v) is 3.86. The summed E-state index contributed by atoms with van der Waals surface area (Å²) in [6, 6.07) is 10.8.